The van der Waals surface area contributed by atoms with Gasteiger partial charge in [0.05, 0.1) is 5.37 Å². The van der Waals surface area contributed by atoms with Gasteiger partial charge >= 0.3 is 0 Å². The Kier molecular flexibility index (Phi) is 5.50. The van der Waals surface area contributed by atoms with Crippen LogP contribution in [0.3, 0.4) is 0 Å². The van der Waals surface area contributed by atoms with E-state index in [-0.39, 0.29) is 0 Å². The van der Waals surface area contributed by atoms with Gasteiger partial charge < -0.3 is 5.32 Å². The molecule has 0 bridgehead atoms. The number of thioether (sulfide) groups is 2. The standard InChI is InChI=1S/C8H17NS2/c1-10-6-2-4-8-9-5-3-7-11-8/h8-9H,2-7H2,1H3. The monoisotopic (exact) mass is 191 g/mol. The smallest absolute Gasteiger partial charge is 0.0532 e. The molecule has 66 valence electrons. The third-order valence-corrected chi connectivity index (χ3v) is 3.85. The summed E-state index contributed by atoms with van der Waals surface area (Å²) in [4.78, 5) is 0. The largest absolute Gasteiger partial charge is 0.305 e. The molecule has 1 N–H and O–H groups in total. The van der Waals surface area contributed by atoms with Crippen LogP contribution in [0.1, 0.15) is 19.3 Å². The number of rotatable bonds is 4. The topological polar surface area (TPSA) is 12.0 Å². The molecule has 1 rings (SSSR count). The summed E-state index contributed by atoms with van der Waals surface area (Å²) in [5.41, 5.74) is 0. The lowest BCUT2D eigenvalue weighted by atomic mass is 10.3. The zero-order chi connectivity index (χ0) is 7.94. The van der Waals surface area contributed by atoms with E-state index in [9.17, 15) is 0 Å². The maximum atomic E-state index is 3.53. The van der Waals surface area contributed by atoms with Gasteiger partial charge in [0.15, 0.2) is 0 Å². The molecule has 1 atom stereocenters. The van der Waals surface area contributed by atoms with Crippen LogP contribution in [0.5, 0.6) is 0 Å². The van der Waals surface area contributed by atoms with Crippen molar-refractivity contribution in [2.45, 2.75) is 24.6 Å². The van der Waals surface area contributed by atoms with Crippen LogP contribution in [0.2, 0.25) is 0 Å². The molecule has 0 spiro atoms. The van der Waals surface area contributed by atoms with Gasteiger partial charge in [-0.3, -0.25) is 0 Å². The van der Waals surface area contributed by atoms with Crippen LogP contribution in [0.25, 0.3) is 0 Å². The number of nitrogens with one attached hydrogen (secondary N) is 1. The lowest BCUT2D eigenvalue weighted by Gasteiger charge is -2.22. The molecular weight excluding hydrogens is 174 g/mol. The highest BCUT2D eigenvalue weighted by atomic mass is 32.2. The summed E-state index contributed by atoms with van der Waals surface area (Å²) in [6.45, 7) is 1.23. The molecule has 1 fully saturated rings. The minimum atomic E-state index is 0.760. The van der Waals surface area contributed by atoms with Crippen LogP contribution in [0.15, 0.2) is 0 Å². The van der Waals surface area contributed by atoms with Crippen molar-refractivity contribution in [1.82, 2.24) is 5.32 Å². The molecule has 1 heterocycles. The summed E-state index contributed by atoms with van der Waals surface area (Å²) >= 11 is 4.05. The van der Waals surface area contributed by atoms with Gasteiger partial charge in [-0.1, -0.05) is 0 Å². The van der Waals surface area contributed by atoms with E-state index in [0.29, 0.717) is 0 Å². The van der Waals surface area contributed by atoms with E-state index in [1.807, 2.05) is 11.8 Å². The van der Waals surface area contributed by atoms with Gasteiger partial charge in [0.25, 0.3) is 0 Å². The maximum Gasteiger partial charge on any atom is 0.0532 e. The SMILES string of the molecule is CSCCCC1NCCCS1. The van der Waals surface area contributed by atoms with E-state index >= 15 is 0 Å². The van der Waals surface area contributed by atoms with Crippen LogP contribution in [0, 0.1) is 0 Å². The quantitative estimate of drug-likeness (QED) is 0.684. The highest BCUT2D eigenvalue weighted by Crippen LogP contribution is 2.19. The average Bonchev–Trinajstić information content (AvgIpc) is 2.07. The molecule has 1 nitrogen and oxygen atoms in total. The third-order valence-electron chi connectivity index (χ3n) is 1.83. The minimum Gasteiger partial charge on any atom is -0.305 e. The van der Waals surface area contributed by atoms with Crippen LogP contribution in [-0.4, -0.2) is 29.7 Å². The van der Waals surface area contributed by atoms with Crippen molar-refractivity contribution in [1.29, 1.82) is 0 Å². The van der Waals surface area contributed by atoms with Crippen LogP contribution in [-0.2, 0) is 0 Å². The van der Waals surface area contributed by atoms with E-state index < -0.39 is 0 Å². The second-order valence-corrected chi connectivity index (χ2v) is 5.10. The predicted molar refractivity (Wildman–Crippen MR) is 56.5 cm³/mol. The minimum absolute atomic E-state index is 0.760. The first kappa shape index (κ1) is 9.75. The van der Waals surface area contributed by atoms with Gasteiger partial charge in [-0.25, -0.2) is 0 Å². The average molecular weight is 191 g/mol. The van der Waals surface area contributed by atoms with Gasteiger partial charge in [-0.05, 0) is 43.6 Å². The first-order valence-corrected chi connectivity index (χ1v) is 6.71. The van der Waals surface area contributed by atoms with E-state index in [0.717, 1.165) is 5.37 Å². The van der Waals surface area contributed by atoms with Gasteiger partial charge in [-0.15, -0.1) is 11.8 Å². The van der Waals surface area contributed by atoms with E-state index in [2.05, 4.69) is 23.3 Å². The van der Waals surface area contributed by atoms with Crippen LogP contribution >= 0.6 is 23.5 Å². The number of hydrogen-bond acceptors (Lipinski definition) is 3. The molecule has 1 saturated heterocycles. The first-order valence-electron chi connectivity index (χ1n) is 4.27. The van der Waals surface area contributed by atoms with Gasteiger partial charge in [-0.2, -0.15) is 11.8 Å². The molecule has 11 heavy (non-hydrogen) atoms. The summed E-state index contributed by atoms with van der Waals surface area (Å²) in [5, 5.41) is 4.29. The highest BCUT2D eigenvalue weighted by Gasteiger charge is 2.11. The molecule has 0 radical (unpaired) electrons. The van der Waals surface area contributed by atoms with Gasteiger partial charge in [0.2, 0.25) is 0 Å². The summed E-state index contributed by atoms with van der Waals surface area (Å²) in [5.74, 6) is 2.68. The Morgan fingerprint density at radius 3 is 3.18 bits per heavy atom. The van der Waals surface area contributed by atoms with E-state index in [4.69, 9.17) is 0 Å². The van der Waals surface area contributed by atoms with Crippen molar-refractivity contribution in [3.63, 3.8) is 0 Å². The Morgan fingerprint density at radius 2 is 2.55 bits per heavy atom. The fourth-order valence-corrected chi connectivity index (χ4v) is 2.84. The Labute approximate surface area is 78.1 Å². The molecular formula is C8H17NS2. The Morgan fingerprint density at radius 1 is 1.64 bits per heavy atom. The fourth-order valence-electron chi connectivity index (χ4n) is 1.22. The first-order chi connectivity index (χ1) is 5.43. The Hall–Kier alpha value is 0.660. The zero-order valence-electron chi connectivity index (χ0n) is 7.14. The van der Waals surface area contributed by atoms with Crippen molar-refractivity contribution in [3.8, 4) is 0 Å². The lowest BCUT2D eigenvalue weighted by molar-refractivity contribution is 0.583. The molecule has 0 aliphatic carbocycles. The molecule has 0 aromatic rings. The molecule has 0 saturated carbocycles. The van der Waals surface area contributed by atoms with E-state index in [1.54, 1.807) is 0 Å². The lowest BCUT2D eigenvalue weighted by Crippen LogP contribution is -2.31. The number of hydrogen-bond donors (Lipinski definition) is 1. The van der Waals surface area contributed by atoms with Crippen molar-refractivity contribution in [2.75, 3.05) is 24.3 Å². The van der Waals surface area contributed by atoms with Crippen molar-refractivity contribution >= 4 is 23.5 Å². The summed E-state index contributed by atoms with van der Waals surface area (Å²) in [6, 6.07) is 0. The van der Waals surface area contributed by atoms with Gasteiger partial charge in [0.1, 0.15) is 0 Å². The second-order valence-electron chi connectivity index (χ2n) is 2.80. The normalized spacial score (nSPS) is 25.4. The molecule has 1 unspecified atom stereocenters. The predicted octanol–water partition coefficient (Wildman–Crippen LogP) is 2.18. The molecule has 0 amide bonds. The highest BCUT2D eigenvalue weighted by molar-refractivity contribution is 7.99. The third kappa shape index (κ3) is 4.28. The molecule has 3 heteroatoms. The summed E-state index contributed by atoms with van der Waals surface area (Å²) in [6.07, 6.45) is 6.25. The van der Waals surface area contributed by atoms with Gasteiger partial charge in [0, 0.05) is 0 Å². The fraction of sp³-hybridized carbons (Fsp3) is 1.00. The van der Waals surface area contributed by atoms with Crippen LogP contribution in [0.4, 0.5) is 0 Å². The molecule has 0 aromatic heterocycles. The molecule has 1 aliphatic rings. The zero-order valence-corrected chi connectivity index (χ0v) is 8.77. The molecule has 0 aromatic carbocycles. The maximum absolute atomic E-state index is 3.53. The van der Waals surface area contributed by atoms with Crippen molar-refractivity contribution in [2.24, 2.45) is 0 Å². The second kappa shape index (κ2) is 6.21. The molecule has 1 aliphatic heterocycles. The Balaban J connectivity index is 1.96. The summed E-state index contributed by atoms with van der Waals surface area (Å²) in [7, 11) is 0. The summed E-state index contributed by atoms with van der Waals surface area (Å²) < 4.78 is 0. The van der Waals surface area contributed by atoms with E-state index in [1.165, 1.54) is 37.3 Å². The van der Waals surface area contributed by atoms with Crippen LogP contribution < -0.4 is 5.32 Å². The Bertz CT molecular complexity index is 92.1. The van der Waals surface area contributed by atoms with Crippen molar-refractivity contribution in [3.05, 3.63) is 0 Å². The van der Waals surface area contributed by atoms with Crippen molar-refractivity contribution < 1.29 is 0 Å².